The third kappa shape index (κ3) is 4.35. The van der Waals surface area contributed by atoms with Gasteiger partial charge in [0.2, 0.25) is 0 Å². The van der Waals surface area contributed by atoms with E-state index in [1.54, 1.807) is 48.5 Å². The molecule has 2 rings (SSSR count). The van der Waals surface area contributed by atoms with Crippen molar-refractivity contribution in [2.45, 2.75) is 26.3 Å². The van der Waals surface area contributed by atoms with Crippen LogP contribution in [0.25, 0.3) is 0 Å². The second-order valence-electron chi connectivity index (χ2n) is 6.40. The lowest BCUT2D eigenvalue weighted by atomic mass is 10.1. The number of methoxy groups -OCH3 is 1. The molecule has 2 aromatic rings. The molecule has 2 N–H and O–H groups in total. The first-order chi connectivity index (χ1) is 11.3. The minimum Gasteiger partial charge on any atom is -0.496 e. The Labute approximate surface area is 142 Å². The fraction of sp³-hybridized carbons (Fsp3) is 0.263. The third-order valence-corrected chi connectivity index (χ3v) is 3.26. The predicted molar refractivity (Wildman–Crippen MR) is 94.6 cm³/mol. The number of carbonyl (C=O) groups is 2. The van der Waals surface area contributed by atoms with E-state index in [2.05, 4.69) is 10.6 Å². The van der Waals surface area contributed by atoms with Gasteiger partial charge in [0, 0.05) is 5.54 Å². The van der Waals surface area contributed by atoms with Gasteiger partial charge in [-0.15, -0.1) is 0 Å². The van der Waals surface area contributed by atoms with Crippen molar-refractivity contribution in [1.82, 2.24) is 5.32 Å². The molecule has 0 aliphatic heterocycles. The maximum atomic E-state index is 12.5. The van der Waals surface area contributed by atoms with Crippen molar-refractivity contribution in [2.24, 2.45) is 0 Å². The van der Waals surface area contributed by atoms with E-state index in [1.165, 1.54) is 7.11 Å². The van der Waals surface area contributed by atoms with E-state index in [0.717, 1.165) is 0 Å². The van der Waals surface area contributed by atoms with Crippen LogP contribution in [0.4, 0.5) is 5.69 Å². The SMILES string of the molecule is COc1ccccc1C(=O)Nc1ccccc1C(=O)NC(C)(C)C. The Morgan fingerprint density at radius 1 is 0.875 bits per heavy atom. The fourth-order valence-corrected chi connectivity index (χ4v) is 2.22. The topological polar surface area (TPSA) is 67.4 Å². The average molecular weight is 326 g/mol. The van der Waals surface area contributed by atoms with Gasteiger partial charge in [0.05, 0.1) is 23.9 Å². The Kier molecular flexibility index (Phi) is 5.24. The molecule has 0 radical (unpaired) electrons. The average Bonchev–Trinajstić information content (AvgIpc) is 2.53. The van der Waals surface area contributed by atoms with Gasteiger partial charge < -0.3 is 15.4 Å². The van der Waals surface area contributed by atoms with Crippen molar-refractivity contribution in [2.75, 3.05) is 12.4 Å². The number of hydrogen-bond donors (Lipinski definition) is 2. The smallest absolute Gasteiger partial charge is 0.259 e. The standard InChI is InChI=1S/C19H22N2O3/c1-19(2,3)21-18(23)13-9-5-7-11-15(13)20-17(22)14-10-6-8-12-16(14)24-4/h5-12H,1-4H3,(H,20,22)(H,21,23). The number of anilines is 1. The van der Waals surface area contributed by atoms with E-state index in [-0.39, 0.29) is 17.4 Å². The Balaban J connectivity index is 2.27. The Morgan fingerprint density at radius 3 is 2.08 bits per heavy atom. The normalized spacial score (nSPS) is 10.8. The molecule has 5 nitrogen and oxygen atoms in total. The van der Waals surface area contributed by atoms with Crippen LogP contribution < -0.4 is 15.4 Å². The quantitative estimate of drug-likeness (QED) is 0.904. The van der Waals surface area contributed by atoms with Crippen molar-refractivity contribution in [3.63, 3.8) is 0 Å². The molecule has 2 aromatic carbocycles. The second-order valence-corrected chi connectivity index (χ2v) is 6.40. The molecular formula is C19H22N2O3. The maximum Gasteiger partial charge on any atom is 0.259 e. The van der Waals surface area contributed by atoms with Crippen LogP contribution in [-0.4, -0.2) is 24.5 Å². The first kappa shape index (κ1) is 17.5. The van der Waals surface area contributed by atoms with Crippen molar-refractivity contribution in [3.05, 3.63) is 59.7 Å². The van der Waals surface area contributed by atoms with Gasteiger partial charge in [0.25, 0.3) is 11.8 Å². The van der Waals surface area contributed by atoms with E-state index in [1.807, 2.05) is 20.8 Å². The number of carbonyl (C=O) groups excluding carboxylic acids is 2. The van der Waals surface area contributed by atoms with Gasteiger partial charge in [0.1, 0.15) is 5.75 Å². The lowest BCUT2D eigenvalue weighted by Crippen LogP contribution is -2.40. The van der Waals surface area contributed by atoms with E-state index in [0.29, 0.717) is 22.6 Å². The van der Waals surface area contributed by atoms with E-state index < -0.39 is 0 Å². The van der Waals surface area contributed by atoms with Gasteiger partial charge in [-0.1, -0.05) is 24.3 Å². The Morgan fingerprint density at radius 2 is 1.46 bits per heavy atom. The van der Waals surface area contributed by atoms with Crippen LogP contribution >= 0.6 is 0 Å². The Hall–Kier alpha value is -2.82. The predicted octanol–water partition coefficient (Wildman–Crippen LogP) is 3.48. The van der Waals surface area contributed by atoms with Gasteiger partial charge in [-0.2, -0.15) is 0 Å². The number of amides is 2. The van der Waals surface area contributed by atoms with Crippen LogP contribution in [0.1, 0.15) is 41.5 Å². The van der Waals surface area contributed by atoms with Gasteiger partial charge in [-0.05, 0) is 45.0 Å². The first-order valence-electron chi connectivity index (χ1n) is 7.68. The molecular weight excluding hydrogens is 304 g/mol. The molecule has 126 valence electrons. The van der Waals surface area contributed by atoms with E-state index in [9.17, 15) is 9.59 Å². The zero-order valence-electron chi connectivity index (χ0n) is 14.3. The van der Waals surface area contributed by atoms with Crippen LogP contribution in [0.3, 0.4) is 0 Å². The number of rotatable bonds is 4. The molecule has 5 heteroatoms. The lowest BCUT2D eigenvalue weighted by Gasteiger charge is -2.21. The molecule has 0 bridgehead atoms. The molecule has 0 atom stereocenters. The number of para-hydroxylation sites is 2. The number of ether oxygens (including phenoxy) is 1. The highest BCUT2D eigenvalue weighted by molar-refractivity contribution is 6.10. The second kappa shape index (κ2) is 7.17. The fourth-order valence-electron chi connectivity index (χ4n) is 2.22. The molecule has 0 saturated heterocycles. The first-order valence-corrected chi connectivity index (χ1v) is 7.68. The highest BCUT2D eigenvalue weighted by Gasteiger charge is 2.19. The van der Waals surface area contributed by atoms with Crippen LogP contribution in [0, 0.1) is 0 Å². The highest BCUT2D eigenvalue weighted by Crippen LogP contribution is 2.21. The molecule has 0 spiro atoms. The molecule has 0 heterocycles. The summed E-state index contributed by atoms with van der Waals surface area (Å²) in [6, 6.07) is 13.8. The van der Waals surface area contributed by atoms with Gasteiger partial charge >= 0.3 is 0 Å². The highest BCUT2D eigenvalue weighted by atomic mass is 16.5. The largest absolute Gasteiger partial charge is 0.496 e. The van der Waals surface area contributed by atoms with Gasteiger partial charge in [-0.3, -0.25) is 9.59 Å². The van der Waals surface area contributed by atoms with E-state index in [4.69, 9.17) is 4.74 Å². The van der Waals surface area contributed by atoms with Crippen LogP contribution in [0.15, 0.2) is 48.5 Å². The zero-order valence-corrected chi connectivity index (χ0v) is 14.3. The van der Waals surface area contributed by atoms with Crippen LogP contribution in [0.2, 0.25) is 0 Å². The minimum absolute atomic E-state index is 0.238. The maximum absolute atomic E-state index is 12.5. The zero-order chi connectivity index (χ0) is 17.7. The van der Waals surface area contributed by atoms with E-state index >= 15 is 0 Å². The van der Waals surface area contributed by atoms with Crippen molar-refractivity contribution < 1.29 is 14.3 Å². The van der Waals surface area contributed by atoms with Crippen molar-refractivity contribution >= 4 is 17.5 Å². The molecule has 0 fully saturated rings. The summed E-state index contributed by atoms with van der Waals surface area (Å²) in [5, 5.41) is 5.68. The van der Waals surface area contributed by atoms with Crippen LogP contribution in [0.5, 0.6) is 5.75 Å². The summed E-state index contributed by atoms with van der Waals surface area (Å²) in [5.41, 5.74) is 0.911. The van der Waals surface area contributed by atoms with Crippen molar-refractivity contribution in [1.29, 1.82) is 0 Å². The Bertz CT molecular complexity index is 748. The summed E-state index contributed by atoms with van der Waals surface area (Å²) in [6.07, 6.45) is 0. The number of hydrogen-bond acceptors (Lipinski definition) is 3. The number of benzene rings is 2. The summed E-state index contributed by atoms with van der Waals surface area (Å²) >= 11 is 0. The summed E-state index contributed by atoms with van der Waals surface area (Å²) in [6.45, 7) is 5.71. The van der Waals surface area contributed by atoms with Crippen molar-refractivity contribution in [3.8, 4) is 5.75 Å². The molecule has 24 heavy (non-hydrogen) atoms. The number of nitrogens with one attached hydrogen (secondary N) is 2. The van der Waals surface area contributed by atoms with Gasteiger partial charge in [-0.25, -0.2) is 0 Å². The molecule has 0 saturated carbocycles. The monoisotopic (exact) mass is 326 g/mol. The minimum atomic E-state index is -0.364. The molecule has 0 aliphatic carbocycles. The summed E-state index contributed by atoms with van der Waals surface area (Å²) in [5.74, 6) is -0.0893. The summed E-state index contributed by atoms with van der Waals surface area (Å²) < 4.78 is 5.21. The molecule has 0 aromatic heterocycles. The summed E-state index contributed by atoms with van der Waals surface area (Å²) in [4.78, 5) is 25.0. The summed E-state index contributed by atoms with van der Waals surface area (Å²) in [7, 11) is 1.51. The third-order valence-electron chi connectivity index (χ3n) is 3.26. The van der Waals surface area contributed by atoms with Gasteiger partial charge in [0.15, 0.2) is 0 Å². The lowest BCUT2D eigenvalue weighted by molar-refractivity contribution is 0.0920. The molecule has 0 aliphatic rings. The molecule has 2 amide bonds. The molecule has 0 unspecified atom stereocenters. The van der Waals surface area contributed by atoms with Crippen LogP contribution in [-0.2, 0) is 0 Å².